The minimum absolute atomic E-state index is 0.0197. The molecule has 7 nitrogen and oxygen atoms in total. The Morgan fingerprint density at radius 3 is 2.35 bits per heavy atom. The van der Waals surface area contributed by atoms with Gasteiger partial charge in [0.2, 0.25) is 0 Å². The summed E-state index contributed by atoms with van der Waals surface area (Å²) in [5, 5.41) is 16.8. The second kappa shape index (κ2) is 12.8. The number of benzene rings is 2. The van der Waals surface area contributed by atoms with Crippen molar-refractivity contribution in [2.75, 3.05) is 12.8 Å². The molecule has 0 aliphatic rings. The van der Waals surface area contributed by atoms with Gasteiger partial charge in [-0.3, -0.25) is 9.78 Å². The fourth-order valence-electron chi connectivity index (χ4n) is 3.90. The van der Waals surface area contributed by atoms with Crippen molar-refractivity contribution in [2.45, 2.75) is 44.2 Å². The van der Waals surface area contributed by atoms with Gasteiger partial charge in [-0.15, -0.1) is 0 Å². The molecule has 0 aliphatic heterocycles. The zero-order valence-electron chi connectivity index (χ0n) is 20.7. The number of hydrogen-bond acceptors (Lipinski definition) is 6. The first-order valence-corrected chi connectivity index (χ1v) is 13.9. The van der Waals surface area contributed by atoms with Gasteiger partial charge in [0, 0.05) is 31.6 Å². The molecule has 0 radical (unpaired) electrons. The van der Waals surface area contributed by atoms with Crippen molar-refractivity contribution in [1.29, 1.82) is 0 Å². The molecule has 1 amide bonds. The van der Waals surface area contributed by atoms with Crippen molar-refractivity contribution in [3.05, 3.63) is 100 Å². The van der Waals surface area contributed by atoms with Gasteiger partial charge in [0.25, 0.3) is 5.91 Å². The van der Waals surface area contributed by atoms with Crippen LogP contribution < -0.4 is 10.6 Å². The Kier molecular flexibility index (Phi) is 9.85. The van der Waals surface area contributed by atoms with Crippen LogP contribution in [0.2, 0.25) is 0 Å². The Labute approximate surface area is 215 Å². The number of sulfone groups is 1. The molecule has 198 valence electrons. The third-order valence-corrected chi connectivity index (χ3v) is 6.56. The van der Waals surface area contributed by atoms with E-state index in [0.717, 1.165) is 36.4 Å². The van der Waals surface area contributed by atoms with Crippen molar-refractivity contribution >= 4 is 15.7 Å². The third-order valence-electron chi connectivity index (χ3n) is 5.74. The highest BCUT2D eigenvalue weighted by Gasteiger charge is 2.23. The van der Waals surface area contributed by atoms with Crippen LogP contribution in [0.5, 0.6) is 0 Å². The molecule has 37 heavy (non-hydrogen) atoms. The van der Waals surface area contributed by atoms with Crippen LogP contribution in [0.15, 0.2) is 60.8 Å². The lowest BCUT2D eigenvalue weighted by atomic mass is 10.00. The van der Waals surface area contributed by atoms with Crippen LogP contribution in [-0.2, 0) is 35.0 Å². The molecule has 3 aromatic rings. The van der Waals surface area contributed by atoms with Gasteiger partial charge in [-0.05, 0) is 53.8 Å². The molecule has 2 aromatic carbocycles. The predicted molar refractivity (Wildman–Crippen MR) is 138 cm³/mol. The van der Waals surface area contributed by atoms with Crippen molar-refractivity contribution in [2.24, 2.45) is 0 Å². The van der Waals surface area contributed by atoms with Gasteiger partial charge in [-0.2, -0.15) is 0 Å². The number of hydrogen-bond donors (Lipinski definition) is 3. The Morgan fingerprint density at radius 2 is 1.73 bits per heavy atom. The van der Waals surface area contributed by atoms with E-state index in [9.17, 15) is 27.1 Å². The minimum atomic E-state index is -3.28. The van der Waals surface area contributed by atoms with Crippen LogP contribution in [0.4, 0.5) is 8.78 Å². The maximum atomic E-state index is 13.8. The number of pyridine rings is 1. The van der Waals surface area contributed by atoms with E-state index in [-0.39, 0.29) is 29.8 Å². The zero-order valence-corrected chi connectivity index (χ0v) is 21.6. The van der Waals surface area contributed by atoms with Crippen LogP contribution in [0, 0.1) is 11.6 Å². The number of aryl methyl sites for hydroxylation is 1. The molecule has 1 aromatic heterocycles. The van der Waals surface area contributed by atoms with E-state index in [2.05, 4.69) is 28.6 Å². The number of halogens is 2. The van der Waals surface area contributed by atoms with Crippen LogP contribution >= 0.6 is 0 Å². The van der Waals surface area contributed by atoms with Crippen LogP contribution in [0.3, 0.4) is 0 Å². The largest absolute Gasteiger partial charge is 0.390 e. The summed E-state index contributed by atoms with van der Waals surface area (Å²) in [7, 11) is -3.28. The normalized spacial score (nSPS) is 13.2. The Morgan fingerprint density at radius 1 is 1.03 bits per heavy atom. The second-order valence-electron chi connectivity index (χ2n) is 9.04. The molecular weight excluding hydrogens is 500 g/mol. The molecule has 0 saturated carbocycles. The average Bonchev–Trinajstić information content (AvgIpc) is 2.82. The lowest BCUT2D eigenvalue weighted by Gasteiger charge is -2.25. The standard InChI is InChI=1S/C27H31F2N3O4S/c1-3-18-5-4-6-19(9-18)14-30-16-26(33)25(12-20-10-22(28)13-23(29)11-20)32-27(34)21-7-8-24(31-15-21)17-37(2,35)36/h4-11,13,15,25-26,30,33H,3,12,14,16-17H2,1-2H3,(H,32,34)/t25-,26+/m0/s1. The van der Waals surface area contributed by atoms with E-state index in [1.54, 1.807) is 0 Å². The SMILES string of the molecule is CCc1cccc(CNC[C@@H](O)[C@H](Cc2cc(F)cc(F)c2)NC(=O)c2ccc(CS(C)(=O)=O)nc2)c1. The topological polar surface area (TPSA) is 108 Å². The first-order chi connectivity index (χ1) is 17.5. The molecule has 0 aliphatic carbocycles. The highest BCUT2D eigenvalue weighted by atomic mass is 32.2. The third kappa shape index (κ3) is 9.31. The number of nitrogens with zero attached hydrogens (tertiary/aromatic N) is 1. The van der Waals surface area contributed by atoms with Gasteiger partial charge in [-0.25, -0.2) is 17.2 Å². The van der Waals surface area contributed by atoms with Gasteiger partial charge >= 0.3 is 0 Å². The highest BCUT2D eigenvalue weighted by molar-refractivity contribution is 7.89. The molecule has 3 N–H and O–H groups in total. The number of rotatable bonds is 12. The zero-order chi connectivity index (χ0) is 27.0. The van der Waals surface area contributed by atoms with Crippen molar-refractivity contribution in [3.8, 4) is 0 Å². The van der Waals surface area contributed by atoms with Crippen molar-refractivity contribution < 1.29 is 27.1 Å². The van der Waals surface area contributed by atoms with E-state index < -0.39 is 39.5 Å². The molecule has 2 atom stereocenters. The van der Waals surface area contributed by atoms with Crippen LogP contribution in [0.25, 0.3) is 0 Å². The Balaban J connectivity index is 1.71. The number of amides is 1. The van der Waals surface area contributed by atoms with Crippen molar-refractivity contribution in [1.82, 2.24) is 15.6 Å². The van der Waals surface area contributed by atoms with Gasteiger partial charge in [-0.1, -0.05) is 31.2 Å². The number of carbonyl (C=O) groups excluding carboxylic acids is 1. The summed E-state index contributed by atoms with van der Waals surface area (Å²) in [5.74, 6) is -2.33. The number of aromatic nitrogens is 1. The Bertz CT molecular complexity index is 1300. The summed E-state index contributed by atoms with van der Waals surface area (Å²) in [6.07, 6.45) is 2.14. The number of aliphatic hydroxyl groups is 1. The van der Waals surface area contributed by atoms with Gasteiger partial charge in [0.05, 0.1) is 29.2 Å². The van der Waals surface area contributed by atoms with Gasteiger partial charge in [0.1, 0.15) is 11.6 Å². The summed E-state index contributed by atoms with van der Waals surface area (Å²) >= 11 is 0. The number of nitrogens with one attached hydrogen (secondary N) is 2. The average molecular weight is 532 g/mol. The monoisotopic (exact) mass is 531 g/mol. The van der Waals surface area contributed by atoms with Crippen LogP contribution in [-0.4, -0.2) is 49.4 Å². The number of carbonyl (C=O) groups is 1. The predicted octanol–water partition coefficient (Wildman–Crippen LogP) is 2.96. The van der Waals surface area contributed by atoms with Gasteiger partial charge < -0.3 is 15.7 Å². The van der Waals surface area contributed by atoms with Gasteiger partial charge in [0.15, 0.2) is 9.84 Å². The van der Waals surface area contributed by atoms with E-state index in [0.29, 0.717) is 12.2 Å². The molecule has 0 unspecified atom stereocenters. The number of aliphatic hydroxyl groups excluding tert-OH is 1. The Hall–Kier alpha value is -3.21. The molecule has 1 heterocycles. The minimum Gasteiger partial charge on any atom is -0.390 e. The molecule has 10 heteroatoms. The van der Waals surface area contributed by atoms with Crippen molar-refractivity contribution in [3.63, 3.8) is 0 Å². The van der Waals surface area contributed by atoms with E-state index in [1.807, 2.05) is 18.2 Å². The lowest BCUT2D eigenvalue weighted by molar-refractivity contribution is 0.0829. The molecule has 3 rings (SSSR count). The molecule has 0 fully saturated rings. The summed E-state index contributed by atoms with van der Waals surface area (Å²) < 4.78 is 50.5. The van der Waals surface area contributed by atoms with Crippen LogP contribution in [0.1, 0.15) is 39.7 Å². The lowest BCUT2D eigenvalue weighted by Crippen LogP contribution is -2.48. The maximum Gasteiger partial charge on any atom is 0.253 e. The molecular formula is C27H31F2N3O4S. The fraction of sp³-hybridized carbons (Fsp3) is 0.333. The van der Waals surface area contributed by atoms with E-state index in [1.165, 1.54) is 23.9 Å². The quantitative estimate of drug-likeness (QED) is 0.332. The molecule has 0 bridgehead atoms. The van der Waals surface area contributed by atoms with E-state index in [4.69, 9.17) is 0 Å². The highest BCUT2D eigenvalue weighted by Crippen LogP contribution is 2.13. The first-order valence-electron chi connectivity index (χ1n) is 11.9. The second-order valence-corrected chi connectivity index (χ2v) is 11.2. The summed E-state index contributed by atoms with van der Waals surface area (Å²) in [4.78, 5) is 16.9. The fourth-order valence-corrected chi connectivity index (χ4v) is 4.60. The summed E-state index contributed by atoms with van der Waals surface area (Å²) in [6, 6.07) is 13.1. The maximum absolute atomic E-state index is 13.8. The smallest absolute Gasteiger partial charge is 0.253 e. The van der Waals surface area contributed by atoms with E-state index >= 15 is 0 Å². The molecule has 0 saturated heterocycles. The summed E-state index contributed by atoms with van der Waals surface area (Å²) in [6.45, 7) is 2.67. The first kappa shape index (κ1) is 28.4. The summed E-state index contributed by atoms with van der Waals surface area (Å²) in [5.41, 5.74) is 2.96. The molecule has 0 spiro atoms.